The first-order valence-corrected chi connectivity index (χ1v) is 4.72. The van der Waals surface area contributed by atoms with Crippen LogP contribution < -0.4 is 5.73 Å². The highest BCUT2D eigenvalue weighted by Gasteiger charge is 2.19. The normalized spacial score (nSPS) is 11.9. The summed E-state index contributed by atoms with van der Waals surface area (Å²) >= 11 is 0. The molecule has 0 heterocycles. The van der Waals surface area contributed by atoms with Gasteiger partial charge in [-0.2, -0.15) is 0 Å². The number of primary amides is 1. The Balaban J connectivity index is 2.89. The molecule has 1 aromatic carbocycles. The third-order valence-electron chi connectivity index (χ3n) is 2.14. The van der Waals surface area contributed by atoms with E-state index in [2.05, 4.69) is 0 Å². The van der Waals surface area contributed by atoms with E-state index < -0.39 is 18.0 Å². The van der Waals surface area contributed by atoms with E-state index in [1.165, 1.54) is 13.0 Å². The standard InChI is InChI=1S/C11H13NO4/c1-6-4-3-5-8(9(6)13)11(15)16-7(2)10(12)14/h3-5,7,13H,1-2H3,(H2,12,14)/t7-/m0/s1. The van der Waals surface area contributed by atoms with E-state index >= 15 is 0 Å². The molecule has 1 atom stereocenters. The van der Waals surface area contributed by atoms with Crippen LogP contribution in [0.1, 0.15) is 22.8 Å². The lowest BCUT2D eigenvalue weighted by Gasteiger charge is -2.11. The predicted octanol–water partition coefficient (Wildman–Crippen LogP) is 0.731. The Kier molecular flexibility index (Phi) is 3.50. The maximum atomic E-state index is 11.5. The molecule has 16 heavy (non-hydrogen) atoms. The van der Waals surface area contributed by atoms with Gasteiger partial charge in [-0.05, 0) is 25.5 Å². The number of carbonyl (C=O) groups is 2. The number of phenols is 1. The van der Waals surface area contributed by atoms with E-state index in [9.17, 15) is 14.7 Å². The van der Waals surface area contributed by atoms with Crippen LogP contribution in [0.5, 0.6) is 5.75 Å². The number of rotatable bonds is 3. The molecule has 1 amide bonds. The fraction of sp³-hybridized carbons (Fsp3) is 0.273. The van der Waals surface area contributed by atoms with Crippen LogP contribution in [0.4, 0.5) is 0 Å². The molecule has 1 aromatic rings. The smallest absolute Gasteiger partial charge is 0.342 e. The summed E-state index contributed by atoms with van der Waals surface area (Å²) in [7, 11) is 0. The van der Waals surface area contributed by atoms with Crippen LogP contribution in [-0.2, 0) is 9.53 Å². The maximum absolute atomic E-state index is 11.5. The van der Waals surface area contributed by atoms with Crippen LogP contribution in [0, 0.1) is 6.92 Å². The van der Waals surface area contributed by atoms with Gasteiger partial charge in [0.2, 0.25) is 0 Å². The van der Waals surface area contributed by atoms with Gasteiger partial charge >= 0.3 is 5.97 Å². The molecule has 1 rings (SSSR count). The van der Waals surface area contributed by atoms with E-state index in [0.717, 1.165) is 0 Å². The van der Waals surface area contributed by atoms with Crippen LogP contribution >= 0.6 is 0 Å². The van der Waals surface area contributed by atoms with Crippen LogP contribution in [0.2, 0.25) is 0 Å². The Morgan fingerprint density at radius 3 is 2.62 bits per heavy atom. The lowest BCUT2D eigenvalue weighted by atomic mass is 10.1. The van der Waals surface area contributed by atoms with Crippen molar-refractivity contribution in [1.82, 2.24) is 0 Å². The predicted molar refractivity (Wildman–Crippen MR) is 56.9 cm³/mol. The minimum absolute atomic E-state index is 0.0214. The van der Waals surface area contributed by atoms with Crippen LogP contribution in [0.3, 0.4) is 0 Å². The number of hydrogen-bond acceptors (Lipinski definition) is 4. The Morgan fingerprint density at radius 1 is 1.44 bits per heavy atom. The summed E-state index contributed by atoms with van der Waals surface area (Å²) in [5.41, 5.74) is 5.53. The fourth-order valence-electron chi connectivity index (χ4n) is 1.11. The quantitative estimate of drug-likeness (QED) is 0.739. The number of para-hydroxylation sites is 1. The molecule has 0 fully saturated rings. The molecule has 0 aliphatic rings. The number of esters is 1. The summed E-state index contributed by atoms with van der Waals surface area (Å²) in [4.78, 5) is 22.2. The first-order valence-electron chi connectivity index (χ1n) is 4.72. The number of carbonyl (C=O) groups excluding carboxylic acids is 2. The summed E-state index contributed by atoms with van der Waals surface area (Å²) in [5, 5.41) is 9.60. The zero-order chi connectivity index (χ0) is 12.3. The lowest BCUT2D eigenvalue weighted by molar-refractivity contribution is -0.125. The third-order valence-corrected chi connectivity index (χ3v) is 2.14. The summed E-state index contributed by atoms with van der Waals surface area (Å²) in [6, 6.07) is 4.68. The van der Waals surface area contributed by atoms with E-state index in [1.807, 2.05) is 0 Å². The average molecular weight is 223 g/mol. The summed E-state index contributed by atoms with van der Waals surface area (Å²) in [6.45, 7) is 3.02. The minimum Gasteiger partial charge on any atom is -0.507 e. The molecule has 86 valence electrons. The van der Waals surface area contributed by atoms with Gasteiger partial charge in [0, 0.05) is 0 Å². The molecule has 0 bridgehead atoms. The van der Waals surface area contributed by atoms with Gasteiger partial charge in [-0.1, -0.05) is 12.1 Å². The number of phenolic OH excluding ortho intramolecular Hbond substituents is 1. The molecule has 0 spiro atoms. The number of benzene rings is 1. The molecule has 0 unspecified atom stereocenters. The van der Waals surface area contributed by atoms with Crippen molar-refractivity contribution in [3.05, 3.63) is 29.3 Å². The molecule has 0 aliphatic heterocycles. The summed E-state index contributed by atoms with van der Waals surface area (Å²) in [6.07, 6.45) is -1.02. The van der Waals surface area contributed by atoms with E-state index in [4.69, 9.17) is 10.5 Å². The van der Waals surface area contributed by atoms with E-state index in [-0.39, 0.29) is 11.3 Å². The largest absolute Gasteiger partial charge is 0.507 e. The molecule has 0 saturated carbocycles. The van der Waals surface area contributed by atoms with Crippen molar-refractivity contribution in [3.63, 3.8) is 0 Å². The second kappa shape index (κ2) is 4.65. The highest BCUT2D eigenvalue weighted by molar-refractivity contribution is 5.94. The number of ether oxygens (including phenoxy) is 1. The average Bonchev–Trinajstić information content (AvgIpc) is 2.21. The second-order valence-corrected chi connectivity index (χ2v) is 3.42. The zero-order valence-electron chi connectivity index (χ0n) is 9.06. The Hall–Kier alpha value is -2.04. The van der Waals surface area contributed by atoms with Crippen LogP contribution in [-0.4, -0.2) is 23.1 Å². The first-order chi connectivity index (χ1) is 7.43. The Bertz CT molecular complexity index is 428. The SMILES string of the molecule is Cc1cccc(C(=O)O[C@@H](C)C(N)=O)c1O. The van der Waals surface area contributed by atoms with Crippen molar-refractivity contribution in [1.29, 1.82) is 0 Å². The molecule has 5 nitrogen and oxygen atoms in total. The van der Waals surface area contributed by atoms with Crippen molar-refractivity contribution in [2.24, 2.45) is 5.73 Å². The fourth-order valence-corrected chi connectivity index (χ4v) is 1.11. The van der Waals surface area contributed by atoms with Crippen molar-refractivity contribution in [3.8, 4) is 5.75 Å². The summed E-state index contributed by atoms with van der Waals surface area (Å²) < 4.78 is 4.76. The van der Waals surface area contributed by atoms with Gasteiger partial charge in [0.15, 0.2) is 6.10 Å². The second-order valence-electron chi connectivity index (χ2n) is 3.42. The molecule has 0 saturated heterocycles. The minimum atomic E-state index is -1.02. The zero-order valence-corrected chi connectivity index (χ0v) is 9.06. The van der Waals surface area contributed by atoms with Gasteiger partial charge in [-0.15, -0.1) is 0 Å². The van der Waals surface area contributed by atoms with Gasteiger partial charge in [-0.25, -0.2) is 4.79 Å². The maximum Gasteiger partial charge on any atom is 0.342 e. The van der Waals surface area contributed by atoms with Gasteiger partial charge < -0.3 is 15.6 Å². The number of hydrogen-bond donors (Lipinski definition) is 2. The van der Waals surface area contributed by atoms with Gasteiger partial charge in [0.25, 0.3) is 5.91 Å². The van der Waals surface area contributed by atoms with Crippen molar-refractivity contribution in [2.75, 3.05) is 0 Å². The summed E-state index contributed by atoms with van der Waals surface area (Å²) in [5.74, 6) is -1.66. The Morgan fingerprint density at radius 2 is 2.06 bits per heavy atom. The lowest BCUT2D eigenvalue weighted by Crippen LogP contribution is -2.30. The van der Waals surface area contributed by atoms with Crippen LogP contribution in [0.15, 0.2) is 18.2 Å². The molecular formula is C11H13NO4. The van der Waals surface area contributed by atoms with Crippen molar-refractivity contribution in [2.45, 2.75) is 20.0 Å². The topological polar surface area (TPSA) is 89.6 Å². The number of amides is 1. The van der Waals surface area contributed by atoms with Gasteiger partial charge in [-0.3, -0.25) is 4.79 Å². The van der Waals surface area contributed by atoms with E-state index in [1.54, 1.807) is 19.1 Å². The van der Waals surface area contributed by atoms with Gasteiger partial charge in [0.05, 0.1) is 0 Å². The molecular weight excluding hydrogens is 210 g/mol. The molecule has 0 aliphatic carbocycles. The highest BCUT2D eigenvalue weighted by atomic mass is 16.5. The molecule has 0 aromatic heterocycles. The number of aromatic hydroxyl groups is 1. The van der Waals surface area contributed by atoms with Crippen molar-refractivity contribution >= 4 is 11.9 Å². The highest BCUT2D eigenvalue weighted by Crippen LogP contribution is 2.22. The van der Waals surface area contributed by atoms with Crippen molar-refractivity contribution < 1.29 is 19.4 Å². The monoisotopic (exact) mass is 223 g/mol. The molecule has 5 heteroatoms. The third kappa shape index (κ3) is 2.50. The molecule has 0 radical (unpaired) electrons. The molecule has 3 N–H and O–H groups in total. The Labute approximate surface area is 92.8 Å². The number of nitrogens with two attached hydrogens (primary N) is 1. The van der Waals surface area contributed by atoms with Crippen LogP contribution in [0.25, 0.3) is 0 Å². The first kappa shape index (κ1) is 12.0. The van der Waals surface area contributed by atoms with E-state index in [0.29, 0.717) is 5.56 Å². The number of aryl methyl sites for hydroxylation is 1. The van der Waals surface area contributed by atoms with Gasteiger partial charge in [0.1, 0.15) is 11.3 Å².